The molecule has 2 rings (SSSR count). The maximum absolute atomic E-state index is 12.7. The Hall–Kier alpha value is -2.94. The molecule has 9 heteroatoms. The van der Waals surface area contributed by atoms with Crippen LogP contribution >= 0.6 is 0 Å². The average Bonchev–Trinajstić information content (AvgIpc) is 3.11. The Bertz CT molecular complexity index is 708. The van der Waals surface area contributed by atoms with Crippen LogP contribution < -0.4 is 11.1 Å². The van der Waals surface area contributed by atoms with Crippen molar-refractivity contribution >= 4 is 23.8 Å². The number of aliphatic carboxylic acids is 2. The normalized spacial score (nSPS) is 18.6. The molecule has 27 heavy (non-hydrogen) atoms. The Labute approximate surface area is 156 Å². The van der Waals surface area contributed by atoms with Gasteiger partial charge in [-0.2, -0.15) is 0 Å². The lowest BCUT2D eigenvalue weighted by atomic mass is 10.0. The zero-order valence-electron chi connectivity index (χ0n) is 14.7. The average molecular weight is 377 g/mol. The number of carbonyl (C=O) groups is 4. The molecule has 0 spiro atoms. The predicted molar refractivity (Wildman–Crippen MR) is 94.7 cm³/mol. The molecule has 1 heterocycles. The van der Waals surface area contributed by atoms with E-state index >= 15 is 0 Å². The number of hydrogen-bond acceptors (Lipinski definition) is 5. The van der Waals surface area contributed by atoms with E-state index in [1.54, 1.807) is 24.3 Å². The number of nitrogens with one attached hydrogen (secondary N) is 1. The van der Waals surface area contributed by atoms with Gasteiger partial charge in [-0.1, -0.05) is 30.3 Å². The second kappa shape index (κ2) is 9.13. The fourth-order valence-electron chi connectivity index (χ4n) is 3.10. The van der Waals surface area contributed by atoms with E-state index in [2.05, 4.69) is 5.32 Å². The van der Waals surface area contributed by atoms with Crippen molar-refractivity contribution in [2.75, 3.05) is 6.54 Å². The van der Waals surface area contributed by atoms with E-state index in [0.29, 0.717) is 12.8 Å². The van der Waals surface area contributed by atoms with E-state index < -0.39 is 48.3 Å². The van der Waals surface area contributed by atoms with Crippen LogP contribution in [-0.2, 0) is 25.6 Å². The van der Waals surface area contributed by atoms with Crippen LogP contribution in [0.2, 0.25) is 0 Å². The fourth-order valence-corrected chi connectivity index (χ4v) is 3.10. The number of hydrogen-bond donors (Lipinski definition) is 4. The highest BCUT2D eigenvalue weighted by atomic mass is 16.4. The standard InChI is InChI=1S/C18H23N3O6/c19-12(9-11-5-2-1-3-6-11)16(24)20-13(10-15(22)23)17(25)21-8-4-7-14(21)18(26)27/h1-3,5-6,12-14H,4,7-10,19H2,(H,20,24)(H,22,23)(H,26,27). The zero-order valence-corrected chi connectivity index (χ0v) is 14.7. The van der Waals surface area contributed by atoms with Crippen molar-refractivity contribution < 1.29 is 29.4 Å². The molecule has 3 atom stereocenters. The Morgan fingerprint density at radius 1 is 1.19 bits per heavy atom. The molecular formula is C18H23N3O6. The summed E-state index contributed by atoms with van der Waals surface area (Å²) in [6, 6.07) is 5.69. The quantitative estimate of drug-likeness (QED) is 0.481. The Kier molecular flexibility index (Phi) is 6.89. The van der Waals surface area contributed by atoms with Gasteiger partial charge in [0, 0.05) is 6.54 Å². The van der Waals surface area contributed by atoms with Gasteiger partial charge in [-0.05, 0) is 24.8 Å². The molecular weight excluding hydrogens is 354 g/mol. The van der Waals surface area contributed by atoms with Crippen LogP contribution in [0.25, 0.3) is 0 Å². The molecule has 1 saturated heterocycles. The second-order valence-corrected chi connectivity index (χ2v) is 6.48. The van der Waals surface area contributed by atoms with E-state index in [-0.39, 0.29) is 13.0 Å². The fraction of sp³-hybridized carbons (Fsp3) is 0.444. The molecule has 0 bridgehead atoms. The van der Waals surface area contributed by atoms with Crippen molar-refractivity contribution in [3.8, 4) is 0 Å². The second-order valence-electron chi connectivity index (χ2n) is 6.48. The number of carboxylic acids is 2. The Morgan fingerprint density at radius 2 is 1.85 bits per heavy atom. The molecule has 2 amide bonds. The van der Waals surface area contributed by atoms with Gasteiger partial charge in [0.25, 0.3) is 0 Å². The minimum Gasteiger partial charge on any atom is -0.481 e. The van der Waals surface area contributed by atoms with Gasteiger partial charge in [0.2, 0.25) is 11.8 Å². The third-order valence-corrected chi connectivity index (χ3v) is 4.45. The van der Waals surface area contributed by atoms with Gasteiger partial charge in [0.05, 0.1) is 12.5 Å². The maximum atomic E-state index is 12.7. The van der Waals surface area contributed by atoms with Crippen molar-refractivity contribution in [2.45, 2.75) is 43.8 Å². The molecule has 0 aliphatic carbocycles. The summed E-state index contributed by atoms with van der Waals surface area (Å²) in [5.41, 5.74) is 6.70. The number of nitrogens with two attached hydrogens (primary N) is 1. The number of amides is 2. The molecule has 1 aliphatic heterocycles. The SMILES string of the molecule is NC(Cc1ccccc1)C(=O)NC(CC(=O)O)C(=O)N1CCCC1C(=O)O. The lowest BCUT2D eigenvalue weighted by Gasteiger charge is -2.27. The smallest absolute Gasteiger partial charge is 0.326 e. The van der Waals surface area contributed by atoms with Gasteiger partial charge in [-0.15, -0.1) is 0 Å². The number of likely N-dealkylation sites (tertiary alicyclic amines) is 1. The summed E-state index contributed by atoms with van der Waals surface area (Å²) in [6.45, 7) is 0.206. The highest BCUT2D eigenvalue weighted by Crippen LogP contribution is 2.19. The van der Waals surface area contributed by atoms with Gasteiger partial charge in [-0.25, -0.2) is 4.79 Å². The van der Waals surface area contributed by atoms with Crippen molar-refractivity contribution in [3.63, 3.8) is 0 Å². The predicted octanol–water partition coefficient (Wildman–Crippen LogP) is -0.408. The van der Waals surface area contributed by atoms with Gasteiger partial charge in [-0.3, -0.25) is 14.4 Å². The van der Waals surface area contributed by atoms with E-state index in [1.165, 1.54) is 0 Å². The third kappa shape index (κ3) is 5.52. The third-order valence-electron chi connectivity index (χ3n) is 4.45. The molecule has 5 N–H and O–H groups in total. The molecule has 1 aromatic carbocycles. The monoisotopic (exact) mass is 377 g/mol. The molecule has 1 fully saturated rings. The van der Waals surface area contributed by atoms with Crippen molar-refractivity contribution in [1.29, 1.82) is 0 Å². The topological polar surface area (TPSA) is 150 Å². The number of nitrogens with zero attached hydrogens (tertiary/aromatic N) is 1. The van der Waals surface area contributed by atoms with Crippen LogP contribution in [0, 0.1) is 0 Å². The van der Waals surface area contributed by atoms with Gasteiger partial charge in [0.15, 0.2) is 0 Å². The highest BCUT2D eigenvalue weighted by Gasteiger charge is 2.38. The molecule has 1 aliphatic rings. The van der Waals surface area contributed by atoms with Crippen LogP contribution in [0.5, 0.6) is 0 Å². The summed E-state index contributed by atoms with van der Waals surface area (Å²) < 4.78 is 0. The Balaban J connectivity index is 2.06. The summed E-state index contributed by atoms with van der Waals surface area (Å²) in [7, 11) is 0. The zero-order chi connectivity index (χ0) is 20.0. The number of carboxylic acid groups (broad SMARTS) is 2. The van der Waals surface area contributed by atoms with Gasteiger partial charge in [0.1, 0.15) is 12.1 Å². The van der Waals surface area contributed by atoms with Crippen molar-refractivity contribution in [2.24, 2.45) is 5.73 Å². The maximum Gasteiger partial charge on any atom is 0.326 e. The highest BCUT2D eigenvalue weighted by molar-refractivity contribution is 5.94. The lowest BCUT2D eigenvalue weighted by Crippen LogP contribution is -2.55. The Morgan fingerprint density at radius 3 is 2.44 bits per heavy atom. The lowest BCUT2D eigenvalue weighted by molar-refractivity contribution is -0.150. The van der Waals surface area contributed by atoms with Crippen LogP contribution in [0.3, 0.4) is 0 Å². The van der Waals surface area contributed by atoms with Crippen molar-refractivity contribution in [1.82, 2.24) is 10.2 Å². The molecule has 3 unspecified atom stereocenters. The van der Waals surface area contributed by atoms with Crippen LogP contribution in [0.15, 0.2) is 30.3 Å². The van der Waals surface area contributed by atoms with E-state index in [9.17, 15) is 24.3 Å². The minimum absolute atomic E-state index is 0.206. The first-order valence-electron chi connectivity index (χ1n) is 8.64. The molecule has 146 valence electrons. The van der Waals surface area contributed by atoms with E-state index in [1.807, 2.05) is 6.07 Å². The molecule has 1 aromatic rings. The van der Waals surface area contributed by atoms with Crippen LogP contribution in [0.4, 0.5) is 0 Å². The first kappa shape index (κ1) is 20.4. The first-order chi connectivity index (χ1) is 12.8. The summed E-state index contributed by atoms with van der Waals surface area (Å²) in [5.74, 6) is -3.81. The minimum atomic E-state index is -1.36. The summed E-state index contributed by atoms with van der Waals surface area (Å²) in [6.07, 6.45) is 0.375. The summed E-state index contributed by atoms with van der Waals surface area (Å²) in [4.78, 5) is 48.5. The number of benzene rings is 1. The molecule has 0 saturated carbocycles. The first-order valence-corrected chi connectivity index (χ1v) is 8.64. The largest absolute Gasteiger partial charge is 0.481 e. The number of rotatable bonds is 8. The van der Waals surface area contributed by atoms with Crippen LogP contribution in [-0.4, -0.2) is 63.5 Å². The molecule has 0 aromatic heterocycles. The summed E-state index contributed by atoms with van der Waals surface area (Å²) >= 11 is 0. The van der Waals surface area contributed by atoms with Crippen LogP contribution in [0.1, 0.15) is 24.8 Å². The summed E-state index contributed by atoms with van der Waals surface area (Å²) in [5, 5.41) is 20.7. The molecule has 0 radical (unpaired) electrons. The number of carbonyl (C=O) groups excluding carboxylic acids is 2. The van der Waals surface area contributed by atoms with Crippen molar-refractivity contribution in [3.05, 3.63) is 35.9 Å². The van der Waals surface area contributed by atoms with Gasteiger partial charge < -0.3 is 26.2 Å². The molecule has 9 nitrogen and oxygen atoms in total. The van der Waals surface area contributed by atoms with Gasteiger partial charge >= 0.3 is 11.9 Å². The van der Waals surface area contributed by atoms with E-state index in [4.69, 9.17) is 10.8 Å². The van der Waals surface area contributed by atoms with E-state index in [0.717, 1.165) is 10.5 Å².